The van der Waals surface area contributed by atoms with Crippen LogP contribution in [0, 0.1) is 10.1 Å². The normalized spacial score (nSPS) is 11.6. The molecule has 2 aromatic rings. The Labute approximate surface area is 173 Å². The number of rotatable bonds is 9. The van der Waals surface area contributed by atoms with Crippen molar-refractivity contribution in [2.75, 3.05) is 19.0 Å². The number of carbonyl (C=O) groups excluding carboxylic acids is 2. The number of amides is 1. The van der Waals surface area contributed by atoms with Crippen LogP contribution in [0.5, 0.6) is 11.5 Å². The predicted molar refractivity (Wildman–Crippen MR) is 110 cm³/mol. The molecule has 0 radical (unpaired) electrons. The van der Waals surface area contributed by atoms with Crippen molar-refractivity contribution >= 4 is 29.3 Å². The van der Waals surface area contributed by atoms with E-state index in [-0.39, 0.29) is 11.4 Å². The predicted octanol–water partition coefficient (Wildman–Crippen LogP) is 3.59. The number of hydrogen-bond donors (Lipinski definition) is 1. The second kappa shape index (κ2) is 10.6. The molecule has 0 aliphatic carbocycles. The monoisotopic (exact) mass is 414 g/mol. The van der Waals surface area contributed by atoms with Gasteiger partial charge in [0.15, 0.2) is 24.2 Å². The molecule has 0 spiro atoms. The quantitative estimate of drug-likeness (QED) is 0.378. The van der Waals surface area contributed by atoms with Gasteiger partial charge in [-0.25, -0.2) is 4.79 Å². The number of nitro benzene ring substituents is 1. The van der Waals surface area contributed by atoms with Gasteiger partial charge in [-0.1, -0.05) is 24.3 Å². The zero-order chi connectivity index (χ0) is 22.1. The molecular formula is C21H22N2O7. The van der Waals surface area contributed by atoms with Crippen LogP contribution in [-0.2, 0) is 14.3 Å². The molecule has 0 saturated carbocycles. The summed E-state index contributed by atoms with van der Waals surface area (Å²) in [6.07, 6.45) is 2.65. The van der Waals surface area contributed by atoms with Gasteiger partial charge >= 0.3 is 5.97 Å². The summed E-state index contributed by atoms with van der Waals surface area (Å²) in [4.78, 5) is 34.4. The summed E-state index contributed by atoms with van der Waals surface area (Å²) in [6, 6.07) is 10.7. The number of benzene rings is 2. The van der Waals surface area contributed by atoms with E-state index in [9.17, 15) is 19.7 Å². The van der Waals surface area contributed by atoms with Gasteiger partial charge in [-0.15, -0.1) is 0 Å². The maximum absolute atomic E-state index is 12.2. The van der Waals surface area contributed by atoms with Crippen LogP contribution >= 0.6 is 0 Å². The van der Waals surface area contributed by atoms with Crippen molar-refractivity contribution in [3.63, 3.8) is 0 Å². The second-order valence-corrected chi connectivity index (χ2v) is 6.13. The fourth-order valence-corrected chi connectivity index (χ4v) is 2.46. The Bertz CT molecular complexity index is 956. The molecule has 1 N–H and O–H groups in total. The molecule has 0 aliphatic rings. The van der Waals surface area contributed by atoms with E-state index in [0.717, 1.165) is 5.56 Å². The lowest BCUT2D eigenvalue weighted by atomic mass is 10.2. The lowest BCUT2D eigenvalue weighted by Gasteiger charge is -2.15. The molecule has 9 heteroatoms. The molecule has 158 valence electrons. The molecule has 0 bridgehead atoms. The average molecular weight is 414 g/mol. The van der Waals surface area contributed by atoms with Crippen molar-refractivity contribution in [1.29, 1.82) is 0 Å². The van der Waals surface area contributed by atoms with E-state index in [4.69, 9.17) is 14.2 Å². The van der Waals surface area contributed by atoms with Crippen molar-refractivity contribution in [3.05, 3.63) is 64.2 Å². The maximum atomic E-state index is 12.2. The molecule has 0 heterocycles. The van der Waals surface area contributed by atoms with E-state index in [1.807, 2.05) is 19.1 Å². The minimum atomic E-state index is -1.13. The van der Waals surface area contributed by atoms with Gasteiger partial charge in [0.25, 0.3) is 11.6 Å². The first-order chi connectivity index (χ1) is 14.3. The SMILES string of the molecule is C/C=C/c1ccc(OCC(=O)O[C@@H](C)C(=O)Nc2cccc([N+](=O)[O-])c2)c(OC)c1. The summed E-state index contributed by atoms with van der Waals surface area (Å²) >= 11 is 0. The van der Waals surface area contributed by atoms with Crippen molar-refractivity contribution < 1.29 is 28.7 Å². The van der Waals surface area contributed by atoms with Crippen molar-refractivity contribution in [2.24, 2.45) is 0 Å². The van der Waals surface area contributed by atoms with Gasteiger partial charge in [0.05, 0.1) is 12.0 Å². The molecule has 1 amide bonds. The molecule has 1 atom stereocenters. The zero-order valence-electron chi connectivity index (χ0n) is 16.8. The minimum Gasteiger partial charge on any atom is -0.493 e. The van der Waals surface area contributed by atoms with Gasteiger partial charge in [-0.2, -0.15) is 0 Å². The lowest BCUT2D eigenvalue weighted by Crippen LogP contribution is -2.31. The third-order valence-electron chi connectivity index (χ3n) is 3.89. The topological polar surface area (TPSA) is 117 Å². The highest BCUT2D eigenvalue weighted by Gasteiger charge is 2.19. The Kier molecular flexibility index (Phi) is 7.92. The van der Waals surface area contributed by atoms with E-state index in [2.05, 4.69) is 5.32 Å². The Hall–Kier alpha value is -3.88. The summed E-state index contributed by atoms with van der Waals surface area (Å²) in [5, 5.41) is 13.3. The van der Waals surface area contributed by atoms with Gasteiger partial charge in [0.1, 0.15) is 0 Å². The standard InChI is InChI=1S/C21H22N2O7/c1-4-6-15-9-10-18(19(11-15)28-3)29-13-20(24)30-14(2)21(25)22-16-7-5-8-17(12-16)23(26)27/h4-12,14H,13H2,1-3H3,(H,22,25)/b6-4+/t14-/m0/s1. The molecule has 2 rings (SSSR count). The first-order valence-electron chi connectivity index (χ1n) is 9.02. The summed E-state index contributed by atoms with van der Waals surface area (Å²) in [5.41, 5.74) is 0.968. The van der Waals surface area contributed by atoms with Crippen molar-refractivity contribution in [1.82, 2.24) is 0 Å². The molecule has 9 nitrogen and oxygen atoms in total. The Morgan fingerprint density at radius 2 is 1.97 bits per heavy atom. The van der Waals surface area contributed by atoms with Gasteiger partial charge < -0.3 is 19.5 Å². The Balaban J connectivity index is 1.90. The Morgan fingerprint density at radius 3 is 2.63 bits per heavy atom. The third kappa shape index (κ3) is 6.33. The van der Waals surface area contributed by atoms with Crippen LogP contribution in [0.1, 0.15) is 19.4 Å². The first-order valence-corrected chi connectivity index (χ1v) is 9.02. The molecule has 0 saturated heterocycles. The number of esters is 1. The van der Waals surface area contributed by atoms with E-state index in [0.29, 0.717) is 11.5 Å². The molecule has 0 aliphatic heterocycles. The molecule has 2 aromatic carbocycles. The number of hydrogen-bond acceptors (Lipinski definition) is 7. The molecule has 0 fully saturated rings. The maximum Gasteiger partial charge on any atom is 0.344 e. The highest BCUT2D eigenvalue weighted by atomic mass is 16.6. The fraction of sp³-hybridized carbons (Fsp3) is 0.238. The van der Waals surface area contributed by atoms with E-state index >= 15 is 0 Å². The number of nitro groups is 1. The van der Waals surface area contributed by atoms with E-state index in [1.165, 1.54) is 38.3 Å². The van der Waals surface area contributed by atoms with Crippen molar-refractivity contribution in [3.8, 4) is 11.5 Å². The number of nitrogens with zero attached hydrogens (tertiary/aromatic N) is 1. The van der Waals surface area contributed by atoms with Gasteiger partial charge in [0, 0.05) is 17.8 Å². The lowest BCUT2D eigenvalue weighted by molar-refractivity contribution is -0.384. The fourth-order valence-electron chi connectivity index (χ4n) is 2.46. The smallest absolute Gasteiger partial charge is 0.344 e. The summed E-state index contributed by atoms with van der Waals surface area (Å²) in [5.74, 6) is -0.570. The number of methoxy groups -OCH3 is 1. The van der Waals surface area contributed by atoms with Crippen molar-refractivity contribution in [2.45, 2.75) is 20.0 Å². The zero-order valence-corrected chi connectivity index (χ0v) is 16.8. The third-order valence-corrected chi connectivity index (χ3v) is 3.89. The number of carbonyl (C=O) groups is 2. The van der Waals surface area contributed by atoms with Crippen LogP contribution in [0.25, 0.3) is 6.08 Å². The van der Waals surface area contributed by atoms with Gasteiger partial charge in [-0.05, 0) is 37.6 Å². The van der Waals surface area contributed by atoms with Crippen LogP contribution in [0.4, 0.5) is 11.4 Å². The number of anilines is 1. The highest BCUT2D eigenvalue weighted by molar-refractivity contribution is 5.95. The number of ether oxygens (including phenoxy) is 3. The number of nitrogens with one attached hydrogen (secondary N) is 1. The van der Waals surface area contributed by atoms with Crippen LogP contribution in [0.2, 0.25) is 0 Å². The summed E-state index contributed by atoms with van der Waals surface area (Å²) in [7, 11) is 1.49. The average Bonchev–Trinajstić information content (AvgIpc) is 2.73. The number of allylic oxidation sites excluding steroid dienone is 1. The largest absolute Gasteiger partial charge is 0.493 e. The summed E-state index contributed by atoms with van der Waals surface area (Å²) < 4.78 is 15.7. The van der Waals surface area contributed by atoms with Crippen LogP contribution in [0.15, 0.2) is 48.5 Å². The van der Waals surface area contributed by atoms with E-state index < -0.39 is 29.5 Å². The second-order valence-electron chi connectivity index (χ2n) is 6.13. The Morgan fingerprint density at radius 1 is 1.20 bits per heavy atom. The number of non-ortho nitro benzene ring substituents is 1. The van der Waals surface area contributed by atoms with Crippen LogP contribution < -0.4 is 14.8 Å². The van der Waals surface area contributed by atoms with Crippen LogP contribution in [0.3, 0.4) is 0 Å². The highest BCUT2D eigenvalue weighted by Crippen LogP contribution is 2.28. The van der Waals surface area contributed by atoms with Gasteiger partial charge in [-0.3, -0.25) is 14.9 Å². The molecular weight excluding hydrogens is 392 g/mol. The van der Waals surface area contributed by atoms with E-state index in [1.54, 1.807) is 18.2 Å². The molecule has 30 heavy (non-hydrogen) atoms. The minimum absolute atomic E-state index is 0.166. The molecule has 0 aromatic heterocycles. The van der Waals surface area contributed by atoms with Gasteiger partial charge in [0.2, 0.25) is 0 Å². The van der Waals surface area contributed by atoms with Crippen LogP contribution in [-0.4, -0.2) is 36.6 Å². The first kappa shape index (κ1) is 22.4. The summed E-state index contributed by atoms with van der Waals surface area (Å²) in [6.45, 7) is 2.86. The molecule has 0 unspecified atom stereocenters.